The van der Waals surface area contributed by atoms with Gasteiger partial charge in [0.1, 0.15) is 5.60 Å². The molecule has 2 heterocycles. The van der Waals surface area contributed by atoms with E-state index in [0.717, 1.165) is 24.8 Å². The highest BCUT2D eigenvalue weighted by molar-refractivity contribution is 7.92. The first-order valence-electron chi connectivity index (χ1n) is 12.7. The number of anilines is 1. The van der Waals surface area contributed by atoms with Gasteiger partial charge in [-0.1, -0.05) is 60.3 Å². The summed E-state index contributed by atoms with van der Waals surface area (Å²) < 4.78 is 29.4. The number of pyridine rings is 1. The lowest BCUT2D eigenvalue weighted by Crippen LogP contribution is -2.57. The summed E-state index contributed by atoms with van der Waals surface area (Å²) in [6, 6.07) is 17.2. The van der Waals surface area contributed by atoms with Crippen molar-refractivity contribution < 1.29 is 13.5 Å². The smallest absolute Gasteiger partial charge is 0.264 e. The molecule has 1 N–H and O–H groups in total. The van der Waals surface area contributed by atoms with Gasteiger partial charge in [-0.3, -0.25) is 14.2 Å². The summed E-state index contributed by atoms with van der Waals surface area (Å²) in [6.07, 6.45) is 8.43. The zero-order valence-corrected chi connectivity index (χ0v) is 22.8. The molecule has 0 radical (unpaired) electrons. The van der Waals surface area contributed by atoms with Crippen LogP contribution in [-0.4, -0.2) is 48.6 Å². The Morgan fingerprint density at radius 1 is 0.946 bits per heavy atom. The van der Waals surface area contributed by atoms with Crippen LogP contribution in [0.3, 0.4) is 0 Å². The number of rotatable bonds is 6. The number of benzene rings is 2. The number of sulfonamides is 1. The molecule has 3 aromatic rings. The highest BCUT2D eigenvalue weighted by Crippen LogP contribution is 2.41. The number of aliphatic hydroxyl groups is 1. The van der Waals surface area contributed by atoms with Gasteiger partial charge in [0.15, 0.2) is 0 Å². The van der Waals surface area contributed by atoms with Gasteiger partial charge < -0.3 is 5.11 Å². The number of hydrogen-bond acceptors (Lipinski definition) is 5. The molecule has 0 amide bonds. The van der Waals surface area contributed by atoms with E-state index in [4.69, 9.17) is 23.2 Å². The van der Waals surface area contributed by atoms with Crippen LogP contribution in [0.2, 0.25) is 10.0 Å². The van der Waals surface area contributed by atoms with Gasteiger partial charge in [0, 0.05) is 43.1 Å². The number of aromatic nitrogens is 1. The Morgan fingerprint density at radius 2 is 1.70 bits per heavy atom. The van der Waals surface area contributed by atoms with Crippen LogP contribution in [0.4, 0.5) is 5.69 Å². The number of nitrogens with zero attached hydrogens (tertiary/aromatic N) is 3. The number of para-hydroxylation sites is 1. The van der Waals surface area contributed by atoms with E-state index in [9.17, 15) is 13.5 Å². The molecule has 1 saturated carbocycles. The molecular formula is C28H31Cl2N3O3S. The third-order valence-corrected chi connectivity index (χ3v) is 10.3. The summed E-state index contributed by atoms with van der Waals surface area (Å²) in [7, 11) is -3.89. The maximum atomic E-state index is 13.9. The molecule has 2 unspecified atom stereocenters. The largest absolute Gasteiger partial charge is 0.383 e. The van der Waals surface area contributed by atoms with E-state index in [-0.39, 0.29) is 22.0 Å². The lowest BCUT2D eigenvalue weighted by atomic mass is 9.75. The molecule has 1 aromatic heterocycles. The van der Waals surface area contributed by atoms with Crippen molar-refractivity contribution in [2.45, 2.75) is 61.1 Å². The van der Waals surface area contributed by atoms with Crippen molar-refractivity contribution in [3.8, 4) is 0 Å². The minimum Gasteiger partial charge on any atom is -0.383 e. The van der Waals surface area contributed by atoms with E-state index in [1.165, 1.54) is 22.5 Å². The van der Waals surface area contributed by atoms with Crippen LogP contribution in [0.25, 0.3) is 0 Å². The fourth-order valence-corrected chi connectivity index (χ4v) is 7.98. The van der Waals surface area contributed by atoms with E-state index in [0.29, 0.717) is 43.1 Å². The average molecular weight is 561 g/mol. The second-order valence-corrected chi connectivity index (χ2v) is 12.5. The summed E-state index contributed by atoms with van der Waals surface area (Å²) in [5.41, 5.74) is 0.524. The van der Waals surface area contributed by atoms with E-state index in [2.05, 4.69) is 9.88 Å². The molecule has 6 nitrogen and oxygen atoms in total. The molecule has 9 heteroatoms. The SMILES string of the molecule is O=S(=O)(c1ccc(Cl)c(Cl)c1)N(c1ccccc1)C1CCN(C2CCCCC2(O)c2cccnc2)CC1. The third kappa shape index (κ3) is 5.25. The van der Waals surface area contributed by atoms with Crippen molar-refractivity contribution in [2.75, 3.05) is 17.4 Å². The standard InChI is InChI=1S/C28H31Cl2N3O3S/c29-25-12-11-24(19-26(25)30)37(35,36)33(22-8-2-1-3-9-22)23-13-17-32(18-14-23)27-10-4-5-15-28(27,34)21-7-6-16-31-20-21/h1-3,6-9,11-12,16,19-20,23,27,34H,4-5,10,13-15,17-18H2. The first-order chi connectivity index (χ1) is 17.8. The van der Waals surface area contributed by atoms with Crippen molar-refractivity contribution >= 4 is 38.9 Å². The summed E-state index contributed by atoms with van der Waals surface area (Å²) in [6.45, 7) is 1.39. The van der Waals surface area contributed by atoms with E-state index in [1.54, 1.807) is 12.4 Å². The summed E-state index contributed by atoms with van der Waals surface area (Å²) >= 11 is 12.3. The minimum atomic E-state index is -3.89. The quantitative estimate of drug-likeness (QED) is 0.408. The Hall–Kier alpha value is -2.16. The minimum absolute atomic E-state index is 0.0248. The Balaban J connectivity index is 1.41. The van der Waals surface area contributed by atoms with Gasteiger partial charge in [0.25, 0.3) is 10.0 Å². The van der Waals surface area contributed by atoms with Crippen molar-refractivity contribution in [1.82, 2.24) is 9.88 Å². The average Bonchev–Trinajstić information content (AvgIpc) is 2.92. The zero-order chi connectivity index (χ0) is 26.0. The molecule has 196 valence electrons. The maximum Gasteiger partial charge on any atom is 0.264 e. The van der Waals surface area contributed by atoms with E-state index >= 15 is 0 Å². The summed E-state index contributed by atoms with van der Waals surface area (Å²) in [4.78, 5) is 6.71. The summed E-state index contributed by atoms with van der Waals surface area (Å²) in [5, 5.41) is 12.3. The molecule has 1 aliphatic heterocycles. The Bertz CT molecular complexity index is 1320. The molecule has 1 saturated heterocycles. The van der Waals surface area contributed by atoms with Gasteiger partial charge in [-0.2, -0.15) is 0 Å². The first-order valence-corrected chi connectivity index (χ1v) is 14.9. The lowest BCUT2D eigenvalue weighted by Gasteiger charge is -2.49. The predicted molar refractivity (Wildman–Crippen MR) is 148 cm³/mol. The molecule has 5 rings (SSSR count). The van der Waals surface area contributed by atoms with Crippen molar-refractivity contribution in [1.29, 1.82) is 0 Å². The van der Waals surface area contributed by atoms with Crippen LogP contribution in [0, 0.1) is 0 Å². The van der Waals surface area contributed by atoms with Gasteiger partial charge >= 0.3 is 0 Å². The monoisotopic (exact) mass is 559 g/mol. The van der Waals surface area contributed by atoms with Gasteiger partial charge in [0.2, 0.25) is 0 Å². The Kier molecular flexibility index (Phi) is 7.80. The van der Waals surface area contributed by atoms with Crippen molar-refractivity contribution in [3.05, 3.63) is 88.7 Å². The maximum absolute atomic E-state index is 13.9. The molecule has 2 aromatic carbocycles. The van der Waals surface area contributed by atoms with E-state index in [1.807, 2.05) is 42.5 Å². The number of piperidine rings is 1. The van der Waals surface area contributed by atoms with Gasteiger partial charge in [-0.15, -0.1) is 0 Å². The zero-order valence-electron chi connectivity index (χ0n) is 20.5. The molecule has 0 bridgehead atoms. The molecule has 2 fully saturated rings. The second kappa shape index (κ2) is 10.9. The van der Waals surface area contributed by atoms with Crippen LogP contribution < -0.4 is 4.31 Å². The topological polar surface area (TPSA) is 73.7 Å². The molecule has 2 atom stereocenters. The summed E-state index contributed by atoms with van der Waals surface area (Å²) in [5.74, 6) is 0. The van der Waals surface area contributed by atoms with Gasteiger partial charge in [-0.05, 0) is 62.1 Å². The lowest BCUT2D eigenvalue weighted by molar-refractivity contribution is -0.0851. The highest BCUT2D eigenvalue weighted by atomic mass is 35.5. The van der Waals surface area contributed by atoms with Gasteiger partial charge in [0.05, 0.1) is 20.6 Å². The van der Waals surface area contributed by atoms with Crippen LogP contribution in [0.1, 0.15) is 44.1 Å². The van der Waals surface area contributed by atoms with Crippen LogP contribution >= 0.6 is 23.2 Å². The number of hydrogen-bond donors (Lipinski definition) is 1. The fourth-order valence-electron chi connectivity index (χ4n) is 5.88. The van der Waals surface area contributed by atoms with E-state index < -0.39 is 15.6 Å². The molecule has 0 spiro atoms. The van der Waals surface area contributed by atoms with Crippen LogP contribution in [-0.2, 0) is 15.6 Å². The van der Waals surface area contributed by atoms with Crippen LogP contribution in [0.15, 0.2) is 78.0 Å². The normalized spacial score (nSPS) is 23.6. The Morgan fingerprint density at radius 3 is 2.38 bits per heavy atom. The predicted octanol–water partition coefficient (Wildman–Crippen LogP) is 5.88. The highest BCUT2D eigenvalue weighted by Gasteiger charge is 2.45. The number of likely N-dealkylation sites (tertiary alicyclic amines) is 1. The van der Waals surface area contributed by atoms with Crippen molar-refractivity contribution in [3.63, 3.8) is 0 Å². The Labute approximate surface area is 228 Å². The third-order valence-electron chi connectivity index (χ3n) is 7.73. The van der Waals surface area contributed by atoms with Crippen molar-refractivity contribution in [2.24, 2.45) is 0 Å². The number of halogens is 2. The van der Waals surface area contributed by atoms with Gasteiger partial charge in [-0.25, -0.2) is 8.42 Å². The molecular weight excluding hydrogens is 529 g/mol. The molecule has 2 aliphatic rings. The van der Waals surface area contributed by atoms with Crippen LogP contribution in [0.5, 0.6) is 0 Å². The second-order valence-electron chi connectivity index (χ2n) is 9.91. The fraction of sp³-hybridized carbons (Fsp3) is 0.393. The molecule has 1 aliphatic carbocycles. The first kappa shape index (κ1) is 26.4. The molecule has 37 heavy (non-hydrogen) atoms.